The van der Waals surface area contributed by atoms with Crippen molar-refractivity contribution in [1.29, 1.82) is 0 Å². The molecular formula is C17H20Cl2N2O4. The van der Waals surface area contributed by atoms with Crippen LogP contribution < -0.4 is 10.6 Å². The van der Waals surface area contributed by atoms with Crippen molar-refractivity contribution in [2.24, 2.45) is 5.92 Å². The molecule has 1 aliphatic rings. The number of esters is 1. The quantitative estimate of drug-likeness (QED) is 0.705. The van der Waals surface area contributed by atoms with E-state index in [9.17, 15) is 14.4 Å². The van der Waals surface area contributed by atoms with Crippen LogP contribution in [0.25, 0.3) is 0 Å². The molecule has 2 amide bonds. The van der Waals surface area contributed by atoms with Gasteiger partial charge < -0.3 is 15.4 Å². The summed E-state index contributed by atoms with van der Waals surface area (Å²) in [5.74, 6) is -1.75. The lowest BCUT2D eigenvalue weighted by Crippen LogP contribution is -2.46. The molecule has 0 radical (unpaired) electrons. The third-order valence-corrected chi connectivity index (χ3v) is 4.22. The van der Waals surface area contributed by atoms with Gasteiger partial charge in [0.05, 0.1) is 10.6 Å². The van der Waals surface area contributed by atoms with Crippen LogP contribution in [-0.4, -0.2) is 36.5 Å². The second kappa shape index (κ2) is 8.54. The Morgan fingerprint density at radius 1 is 1.24 bits per heavy atom. The van der Waals surface area contributed by atoms with Gasteiger partial charge in [-0.15, -0.1) is 0 Å². The number of rotatable bonds is 7. The Bertz CT molecular complexity index is 675. The van der Waals surface area contributed by atoms with Gasteiger partial charge in [0.25, 0.3) is 11.8 Å². The third-order valence-electron chi connectivity index (χ3n) is 3.67. The predicted octanol–water partition coefficient (Wildman–Crippen LogP) is 2.57. The Hall–Kier alpha value is -1.79. The highest BCUT2D eigenvalue weighted by atomic mass is 35.5. The highest BCUT2D eigenvalue weighted by Crippen LogP contribution is 2.21. The number of benzene rings is 1. The SMILES string of the molecule is CC(C)[C@H](NC(=O)c1ccc(Cl)cc1Cl)C(=O)OCC(=O)NC1CC1. The van der Waals surface area contributed by atoms with Gasteiger partial charge in [-0.25, -0.2) is 4.79 Å². The summed E-state index contributed by atoms with van der Waals surface area (Å²) in [5, 5.41) is 5.91. The maximum absolute atomic E-state index is 12.4. The van der Waals surface area contributed by atoms with Crippen LogP contribution >= 0.6 is 23.2 Å². The molecule has 1 aliphatic carbocycles. The normalized spacial score (nSPS) is 14.8. The lowest BCUT2D eigenvalue weighted by Gasteiger charge is -2.21. The molecule has 2 N–H and O–H groups in total. The second-order valence-corrected chi connectivity index (χ2v) is 7.11. The van der Waals surface area contributed by atoms with Gasteiger partial charge in [0.15, 0.2) is 6.61 Å². The molecular weight excluding hydrogens is 367 g/mol. The molecule has 0 heterocycles. The van der Waals surface area contributed by atoms with Crippen molar-refractivity contribution >= 4 is 41.0 Å². The Morgan fingerprint density at radius 3 is 2.48 bits per heavy atom. The fraction of sp³-hybridized carbons (Fsp3) is 0.471. The van der Waals surface area contributed by atoms with Crippen LogP contribution in [0, 0.1) is 5.92 Å². The number of hydrogen-bond donors (Lipinski definition) is 2. The summed E-state index contributed by atoms with van der Waals surface area (Å²) >= 11 is 11.8. The second-order valence-electron chi connectivity index (χ2n) is 6.27. The van der Waals surface area contributed by atoms with Crippen molar-refractivity contribution in [1.82, 2.24) is 10.6 Å². The lowest BCUT2D eigenvalue weighted by molar-refractivity contribution is -0.151. The van der Waals surface area contributed by atoms with E-state index in [0.29, 0.717) is 5.02 Å². The molecule has 1 saturated carbocycles. The third kappa shape index (κ3) is 5.90. The summed E-state index contributed by atoms with van der Waals surface area (Å²) in [5.41, 5.74) is 0.205. The molecule has 1 fully saturated rings. The number of nitrogens with one attached hydrogen (secondary N) is 2. The van der Waals surface area contributed by atoms with E-state index in [1.165, 1.54) is 18.2 Å². The van der Waals surface area contributed by atoms with Crippen LogP contribution in [0.2, 0.25) is 10.0 Å². The topological polar surface area (TPSA) is 84.5 Å². The zero-order valence-corrected chi connectivity index (χ0v) is 15.5. The van der Waals surface area contributed by atoms with Gasteiger partial charge in [0.1, 0.15) is 6.04 Å². The zero-order chi connectivity index (χ0) is 18.6. The van der Waals surface area contributed by atoms with E-state index < -0.39 is 17.9 Å². The van der Waals surface area contributed by atoms with Gasteiger partial charge in [0, 0.05) is 11.1 Å². The van der Waals surface area contributed by atoms with Gasteiger partial charge >= 0.3 is 5.97 Å². The van der Waals surface area contributed by atoms with Crippen molar-refractivity contribution in [3.05, 3.63) is 33.8 Å². The molecule has 0 saturated heterocycles. The molecule has 8 heteroatoms. The minimum Gasteiger partial charge on any atom is -0.454 e. The van der Waals surface area contributed by atoms with E-state index in [1.807, 2.05) is 0 Å². The predicted molar refractivity (Wildman–Crippen MR) is 94.7 cm³/mol. The summed E-state index contributed by atoms with van der Waals surface area (Å²) < 4.78 is 5.02. The maximum Gasteiger partial charge on any atom is 0.329 e. The molecule has 0 aromatic heterocycles. The molecule has 0 bridgehead atoms. The largest absolute Gasteiger partial charge is 0.454 e. The van der Waals surface area contributed by atoms with Gasteiger partial charge in [-0.3, -0.25) is 9.59 Å². The first-order valence-electron chi connectivity index (χ1n) is 8.00. The zero-order valence-electron chi connectivity index (χ0n) is 14.0. The minimum absolute atomic E-state index is 0.185. The Balaban J connectivity index is 1.95. The average molecular weight is 387 g/mol. The van der Waals surface area contributed by atoms with Gasteiger partial charge in [-0.05, 0) is 37.0 Å². The number of carbonyl (C=O) groups excluding carboxylic acids is 3. The van der Waals surface area contributed by atoms with E-state index in [4.69, 9.17) is 27.9 Å². The Kier molecular flexibility index (Phi) is 6.67. The number of ether oxygens (including phenoxy) is 1. The lowest BCUT2D eigenvalue weighted by atomic mass is 10.0. The van der Waals surface area contributed by atoms with Crippen molar-refractivity contribution in [3.63, 3.8) is 0 Å². The summed E-state index contributed by atoms with van der Waals surface area (Å²) in [7, 11) is 0. The van der Waals surface area contributed by atoms with Crippen molar-refractivity contribution < 1.29 is 19.1 Å². The smallest absolute Gasteiger partial charge is 0.329 e. The first-order valence-corrected chi connectivity index (χ1v) is 8.75. The fourth-order valence-corrected chi connectivity index (χ4v) is 2.61. The van der Waals surface area contributed by atoms with E-state index in [1.54, 1.807) is 13.8 Å². The molecule has 25 heavy (non-hydrogen) atoms. The number of carbonyl (C=O) groups is 3. The van der Waals surface area contributed by atoms with Crippen LogP contribution in [0.3, 0.4) is 0 Å². The number of hydrogen-bond acceptors (Lipinski definition) is 4. The van der Waals surface area contributed by atoms with Gasteiger partial charge in [0.2, 0.25) is 0 Å². The molecule has 0 aliphatic heterocycles. The molecule has 6 nitrogen and oxygen atoms in total. The molecule has 1 atom stereocenters. The molecule has 136 valence electrons. The molecule has 0 spiro atoms. The average Bonchev–Trinajstić information content (AvgIpc) is 3.33. The van der Waals surface area contributed by atoms with Gasteiger partial charge in [-0.1, -0.05) is 37.0 Å². The summed E-state index contributed by atoms with van der Waals surface area (Å²) in [4.78, 5) is 36.2. The van der Waals surface area contributed by atoms with Crippen LogP contribution in [0.4, 0.5) is 0 Å². The van der Waals surface area contributed by atoms with Crippen molar-refractivity contribution in [3.8, 4) is 0 Å². The van der Waals surface area contributed by atoms with E-state index in [-0.39, 0.29) is 35.1 Å². The first kappa shape index (κ1) is 19.5. The minimum atomic E-state index is -0.895. The molecule has 1 aromatic carbocycles. The molecule has 0 unspecified atom stereocenters. The Morgan fingerprint density at radius 2 is 1.92 bits per heavy atom. The molecule has 1 aromatic rings. The van der Waals surface area contributed by atoms with E-state index in [0.717, 1.165) is 12.8 Å². The van der Waals surface area contributed by atoms with Crippen LogP contribution in [0.15, 0.2) is 18.2 Å². The molecule has 2 rings (SSSR count). The van der Waals surface area contributed by atoms with Crippen molar-refractivity contribution in [2.75, 3.05) is 6.61 Å². The standard InChI is InChI=1S/C17H20Cl2N2O4/c1-9(2)15(17(24)25-8-14(22)20-11-4-5-11)21-16(23)12-6-3-10(18)7-13(12)19/h3,6-7,9,11,15H,4-5,8H2,1-2H3,(H,20,22)(H,21,23)/t15-/m0/s1. The summed E-state index contributed by atoms with van der Waals surface area (Å²) in [6, 6.07) is 3.76. The van der Waals surface area contributed by atoms with Crippen LogP contribution in [0.5, 0.6) is 0 Å². The highest BCUT2D eigenvalue weighted by Gasteiger charge is 2.28. The number of halogens is 2. The number of amides is 2. The fourth-order valence-electron chi connectivity index (χ4n) is 2.11. The van der Waals surface area contributed by atoms with Crippen molar-refractivity contribution in [2.45, 2.75) is 38.8 Å². The van der Waals surface area contributed by atoms with Crippen LogP contribution in [-0.2, 0) is 14.3 Å². The summed E-state index contributed by atoms with van der Waals surface area (Å²) in [6.07, 6.45) is 1.90. The van der Waals surface area contributed by atoms with Gasteiger partial charge in [-0.2, -0.15) is 0 Å². The highest BCUT2D eigenvalue weighted by molar-refractivity contribution is 6.36. The maximum atomic E-state index is 12.4. The summed E-state index contributed by atoms with van der Waals surface area (Å²) in [6.45, 7) is 3.16. The Labute approximate surface area is 156 Å². The van der Waals surface area contributed by atoms with E-state index >= 15 is 0 Å². The first-order chi connectivity index (χ1) is 11.8. The van der Waals surface area contributed by atoms with Crippen LogP contribution in [0.1, 0.15) is 37.0 Å². The van der Waals surface area contributed by atoms with E-state index in [2.05, 4.69) is 10.6 Å². The monoisotopic (exact) mass is 386 g/mol.